The fraction of sp³-hybridized carbons (Fsp3) is 0.0606. The van der Waals surface area contributed by atoms with Gasteiger partial charge in [0.1, 0.15) is 0 Å². The van der Waals surface area contributed by atoms with Crippen molar-refractivity contribution in [3.63, 3.8) is 0 Å². The molecule has 0 atom stereocenters. The van der Waals surface area contributed by atoms with Gasteiger partial charge in [-0.15, -0.1) is 0 Å². The lowest BCUT2D eigenvalue weighted by Gasteiger charge is -2.09. The first-order valence-electron chi connectivity index (χ1n) is 11.7. The van der Waals surface area contributed by atoms with Crippen LogP contribution in [0.5, 0.6) is 0 Å². The van der Waals surface area contributed by atoms with Crippen molar-refractivity contribution in [2.75, 3.05) is 0 Å². The van der Waals surface area contributed by atoms with Gasteiger partial charge in [-0.3, -0.25) is 4.98 Å². The van der Waals surface area contributed by atoms with Crippen molar-refractivity contribution in [3.05, 3.63) is 127 Å². The van der Waals surface area contributed by atoms with Crippen molar-refractivity contribution in [1.29, 1.82) is 0 Å². The number of para-hydroxylation sites is 1. The zero-order chi connectivity index (χ0) is 23.1. The van der Waals surface area contributed by atoms with Crippen molar-refractivity contribution in [1.82, 2.24) is 4.98 Å². The molecule has 1 aromatic heterocycles. The second-order valence-corrected chi connectivity index (χ2v) is 9.15. The van der Waals surface area contributed by atoms with Crippen LogP contribution in [0.25, 0.3) is 55.1 Å². The fourth-order valence-corrected chi connectivity index (χ4v) is 4.83. The van der Waals surface area contributed by atoms with Gasteiger partial charge in [0.2, 0.25) is 0 Å². The molecule has 0 unspecified atom stereocenters. The van der Waals surface area contributed by atoms with Crippen LogP contribution in [0, 0.1) is 13.8 Å². The average molecular weight is 436 g/mol. The van der Waals surface area contributed by atoms with Crippen LogP contribution in [0.3, 0.4) is 0 Å². The lowest BCUT2D eigenvalue weighted by Crippen LogP contribution is -1.85. The summed E-state index contributed by atoms with van der Waals surface area (Å²) in [7, 11) is 0. The van der Waals surface area contributed by atoms with Gasteiger partial charge in [-0.25, -0.2) is 0 Å². The van der Waals surface area contributed by atoms with E-state index in [1.165, 1.54) is 55.1 Å². The molecule has 0 fully saturated rings. The van der Waals surface area contributed by atoms with Gasteiger partial charge < -0.3 is 0 Å². The minimum absolute atomic E-state index is 1.03. The van der Waals surface area contributed by atoms with Crippen molar-refractivity contribution in [3.8, 4) is 33.4 Å². The molecule has 1 nitrogen and oxygen atoms in total. The lowest BCUT2D eigenvalue weighted by atomic mass is 9.95. The van der Waals surface area contributed by atoms with E-state index < -0.39 is 0 Å². The molecule has 0 aliphatic rings. The standard InChI is InChI=1S/C33H25N/c1-22-15-23(2)17-31(16-22)29-14-13-27-18-26(11-12-28(27)19-29)24-7-9-25(10-8-24)32-20-30-5-3-4-6-33(30)34-21-32/h3-21H,1-2H3. The normalized spacial score (nSPS) is 11.2. The molecule has 5 aromatic carbocycles. The van der Waals surface area contributed by atoms with Gasteiger partial charge in [0.05, 0.1) is 5.52 Å². The third-order valence-electron chi connectivity index (χ3n) is 6.54. The van der Waals surface area contributed by atoms with E-state index in [4.69, 9.17) is 0 Å². The van der Waals surface area contributed by atoms with E-state index in [1.54, 1.807) is 0 Å². The second-order valence-electron chi connectivity index (χ2n) is 9.15. The summed E-state index contributed by atoms with van der Waals surface area (Å²) >= 11 is 0. The van der Waals surface area contributed by atoms with E-state index in [-0.39, 0.29) is 0 Å². The molecular formula is C33H25N. The first-order valence-corrected chi connectivity index (χ1v) is 11.7. The van der Waals surface area contributed by atoms with Gasteiger partial charge in [0.25, 0.3) is 0 Å². The Bertz CT molecular complexity index is 1640. The first-order chi connectivity index (χ1) is 16.6. The minimum Gasteiger partial charge on any atom is -0.256 e. The monoisotopic (exact) mass is 435 g/mol. The second kappa shape index (κ2) is 8.28. The summed E-state index contributed by atoms with van der Waals surface area (Å²) in [5, 5.41) is 3.69. The highest BCUT2D eigenvalue weighted by molar-refractivity contribution is 5.91. The van der Waals surface area contributed by atoms with E-state index in [2.05, 4.69) is 116 Å². The topological polar surface area (TPSA) is 12.9 Å². The zero-order valence-electron chi connectivity index (χ0n) is 19.4. The predicted molar refractivity (Wildman–Crippen MR) is 145 cm³/mol. The highest BCUT2D eigenvalue weighted by Crippen LogP contribution is 2.31. The summed E-state index contributed by atoms with van der Waals surface area (Å²) in [6.07, 6.45) is 1.96. The molecule has 0 radical (unpaired) electrons. The van der Waals surface area contributed by atoms with E-state index in [1.807, 2.05) is 18.3 Å². The number of nitrogens with zero attached hydrogens (tertiary/aromatic N) is 1. The maximum Gasteiger partial charge on any atom is 0.0702 e. The van der Waals surface area contributed by atoms with Crippen molar-refractivity contribution in [2.24, 2.45) is 0 Å². The Labute approximate surface area is 200 Å². The van der Waals surface area contributed by atoms with E-state index in [0.29, 0.717) is 0 Å². The summed E-state index contributed by atoms with van der Waals surface area (Å²) in [5.74, 6) is 0. The number of hydrogen-bond donors (Lipinski definition) is 0. The molecule has 1 heteroatoms. The molecule has 1 heterocycles. The van der Waals surface area contributed by atoms with Gasteiger partial charge in [0.15, 0.2) is 0 Å². The molecule has 0 aliphatic carbocycles. The maximum atomic E-state index is 4.61. The zero-order valence-corrected chi connectivity index (χ0v) is 19.4. The van der Waals surface area contributed by atoms with Crippen LogP contribution in [0.4, 0.5) is 0 Å². The van der Waals surface area contributed by atoms with E-state index in [0.717, 1.165) is 11.1 Å². The molecule has 34 heavy (non-hydrogen) atoms. The smallest absolute Gasteiger partial charge is 0.0702 e. The molecule has 0 saturated carbocycles. The summed E-state index contributed by atoms with van der Waals surface area (Å²) in [6, 6.07) is 39.5. The third-order valence-corrected chi connectivity index (χ3v) is 6.54. The molecule has 162 valence electrons. The van der Waals surface area contributed by atoms with Crippen LogP contribution in [-0.4, -0.2) is 4.98 Å². The maximum absolute atomic E-state index is 4.61. The van der Waals surface area contributed by atoms with Gasteiger partial charge >= 0.3 is 0 Å². The number of fused-ring (bicyclic) bond motifs is 2. The van der Waals surface area contributed by atoms with Crippen molar-refractivity contribution < 1.29 is 0 Å². The number of aryl methyl sites for hydroxylation is 2. The molecule has 0 saturated heterocycles. The largest absolute Gasteiger partial charge is 0.256 e. The summed E-state index contributed by atoms with van der Waals surface area (Å²) in [4.78, 5) is 4.61. The van der Waals surface area contributed by atoms with Gasteiger partial charge in [-0.1, -0.05) is 96.1 Å². The minimum atomic E-state index is 1.03. The Morgan fingerprint density at radius 2 is 0.941 bits per heavy atom. The number of rotatable bonds is 3. The third kappa shape index (κ3) is 3.86. The van der Waals surface area contributed by atoms with Gasteiger partial charge in [-0.05, 0) is 76.7 Å². The predicted octanol–water partition coefficient (Wildman–Crippen LogP) is 9.01. The van der Waals surface area contributed by atoms with Gasteiger partial charge in [-0.2, -0.15) is 0 Å². The summed E-state index contributed by atoms with van der Waals surface area (Å²) < 4.78 is 0. The Morgan fingerprint density at radius 1 is 0.412 bits per heavy atom. The molecule has 6 rings (SSSR count). The number of benzene rings is 5. The van der Waals surface area contributed by atoms with Gasteiger partial charge in [0, 0.05) is 17.1 Å². The summed E-state index contributed by atoms with van der Waals surface area (Å²) in [5.41, 5.74) is 10.9. The quantitative estimate of drug-likeness (QED) is 0.270. The van der Waals surface area contributed by atoms with Crippen LogP contribution >= 0.6 is 0 Å². The Morgan fingerprint density at radius 3 is 1.62 bits per heavy atom. The van der Waals surface area contributed by atoms with Crippen molar-refractivity contribution >= 4 is 21.7 Å². The van der Waals surface area contributed by atoms with Crippen LogP contribution < -0.4 is 0 Å². The average Bonchev–Trinajstić information content (AvgIpc) is 2.87. The molecule has 0 N–H and O–H groups in total. The van der Waals surface area contributed by atoms with Crippen molar-refractivity contribution in [2.45, 2.75) is 13.8 Å². The first kappa shape index (κ1) is 20.4. The molecule has 0 bridgehead atoms. The van der Waals surface area contributed by atoms with Crippen LogP contribution in [0.1, 0.15) is 11.1 Å². The lowest BCUT2D eigenvalue weighted by molar-refractivity contribution is 1.38. The fourth-order valence-electron chi connectivity index (χ4n) is 4.83. The Balaban J connectivity index is 1.31. The van der Waals surface area contributed by atoms with Crippen LogP contribution in [-0.2, 0) is 0 Å². The van der Waals surface area contributed by atoms with E-state index >= 15 is 0 Å². The van der Waals surface area contributed by atoms with Crippen LogP contribution in [0.15, 0.2) is 115 Å². The van der Waals surface area contributed by atoms with Crippen LogP contribution in [0.2, 0.25) is 0 Å². The molecule has 6 aromatic rings. The SMILES string of the molecule is Cc1cc(C)cc(-c2ccc3cc(-c4ccc(-c5cnc6ccccc6c5)cc4)ccc3c2)c1. The molecular weight excluding hydrogens is 410 g/mol. The number of aromatic nitrogens is 1. The highest BCUT2D eigenvalue weighted by atomic mass is 14.6. The molecule has 0 amide bonds. The Kier molecular flexibility index (Phi) is 4.96. The Hall–Kier alpha value is -4.23. The number of pyridine rings is 1. The molecule has 0 aliphatic heterocycles. The van der Waals surface area contributed by atoms with E-state index in [9.17, 15) is 0 Å². The number of hydrogen-bond acceptors (Lipinski definition) is 1. The molecule has 0 spiro atoms. The highest BCUT2D eigenvalue weighted by Gasteiger charge is 2.06. The summed E-state index contributed by atoms with van der Waals surface area (Å²) in [6.45, 7) is 4.32.